The number of carbonyl (C=O) groups is 1. The van der Waals surface area contributed by atoms with Gasteiger partial charge in [-0.05, 0) is 25.3 Å². The van der Waals surface area contributed by atoms with Crippen molar-refractivity contribution >= 4 is 30.7 Å². The average molecular weight is 351 g/mol. The average Bonchev–Trinajstić information content (AvgIpc) is 2.94. The van der Waals surface area contributed by atoms with E-state index in [0.29, 0.717) is 13.2 Å². The molecule has 1 aromatic heterocycles. The van der Waals surface area contributed by atoms with Gasteiger partial charge < -0.3 is 15.0 Å². The third-order valence-electron chi connectivity index (χ3n) is 4.02. The van der Waals surface area contributed by atoms with Crippen LogP contribution in [-0.4, -0.2) is 59.5 Å². The number of aromatic nitrogens is 2. The normalized spacial score (nSPS) is 25.0. The first-order chi connectivity index (χ1) is 9.74. The predicted molar refractivity (Wildman–Crippen MR) is 88.9 cm³/mol. The molecule has 0 aromatic carbocycles. The number of hydrogen-bond acceptors (Lipinski definition) is 4. The zero-order valence-corrected chi connectivity index (χ0v) is 14.4. The summed E-state index contributed by atoms with van der Waals surface area (Å²) < 4.78 is 7.56. The number of likely N-dealkylation sites (tertiary alicyclic amines) is 1. The molecular formula is C14H24Cl2N4O2. The minimum atomic E-state index is -0.318. The van der Waals surface area contributed by atoms with E-state index in [1.165, 1.54) is 0 Å². The molecule has 126 valence electrons. The van der Waals surface area contributed by atoms with Crippen LogP contribution in [0.25, 0.3) is 0 Å². The highest BCUT2D eigenvalue weighted by Crippen LogP contribution is 2.22. The molecule has 1 aromatic rings. The smallest absolute Gasteiger partial charge is 0.253 e. The molecule has 2 unspecified atom stereocenters. The standard InChI is InChI=1S/C14H22N4O2.2ClH/c1-11-7-16-18(9-11)12-3-2-5-17(10-12)14(19)13-8-15-4-6-20-13;;/h7,9,12-13,15H,2-6,8,10H2,1H3;2*1H. The zero-order chi connectivity index (χ0) is 13.9. The van der Waals surface area contributed by atoms with Gasteiger partial charge in [0, 0.05) is 32.4 Å². The number of aryl methyl sites for hydroxylation is 1. The van der Waals surface area contributed by atoms with Gasteiger partial charge in [0.1, 0.15) is 6.10 Å². The second-order valence-corrected chi connectivity index (χ2v) is 5.64. The predicted octanol–water partition coefficient (Wildman–Crippen LogP) is 1.19. The highest BCUT2D eigenvalue weighted by Gasteiger charge is 2.31. The van der Waals surface area contributed by atoms with Gasteiger partial charge in [0.05, 0.1) is 18.8 Å². The van der Waals surface area contributed by atoms with E-state index >= 15 is 0 Å². The summed E-state index contributed by atoms with van der Waals surface area (Å²) in [5, 5.41) is 7.59. The van der Waals surface area contributed by atoms with Crippen molar-refractivity contribution in [2.45, 2.75) is 31.9 Å². The monoisotopic (exact) mass is 350 g/mol. The molecule has 3 rings (SSSR count). The van der Waals surface area contributed by atoms with Crippen LogP contribution in [0.1, 0.15) is 24.4 Å². The second-order valence-electron chi connectivity index (χ2n) is 5.64. The fraction of sp³-hybridized carbons (Fsp3) is 0.714. The molecule has 3 heterocycles. The molecule has 2 fully saturated rings. The molecule has 1 N–H and O–H groups in total. The molecule has 0 radical (unpaired) electrons. The van der Waals surface area contributed by atoms with Crippen LogP contribution in [0.2, 0.25) is 0 Å². The first kappa shape index (κ1) is 19.2. The van der Waals surface area contributed by atoms with E-state index in [1.54, 1.807) is 0 Å². The van der Waals surface area contributed by atoms with E-state index in [2.05, 4.69) is 16.6 Å². The number of halogens is 2. The van der Waals surface area contributed by atoms with Crippen molar-refractivity contribution in [2.24, 2.45) is 0 Å². The molecule has 0 bridgehead atoms. The number of carbonyl (C=O) groups excluding carboxylic acids is 1. The summed E-state index contributed by atoms with van der Waals surface area (Å²) >= 11 is 0. The van der Waals surface area contributed by atoms with Crippen LogP contribution in [0.5, 0.6) is 0 Å². The van der Waals surface area contributed by atoms with Crippen LogP contribution >= 0.6 is 24.8 Å². The van der Waals surface area contributed by atoms with Crippen molar-refractivity contribution in [1.82, 2.24) is 20.0 Å². The SMILES string of the molecule is Cc1cnn(C2CCCN(C(=O)C3CNCCO3)C2)c1.Cl.Cl. The Morgan fingerprint density at radius 2 is 2.27 bits per heavy atom. The lowest BCUT2D eigenvalue weighted by Gasteiger charge is -2.35. The molecule has 6 nitrogen and oxygen atoms in total. The molecule has 2 aliphatic rings. The summed E-state index contributed by atoms with van der Waals surface area (Å²) in [5.41, 5.74) is 1.16. The van der Waals surface area contributed by atoms with Crippen molar-refractivity contribution in [3.8, 4) is 0 Å². The summed E-state index contributed by atoms with van der Waals surface area (Å²) in [5.74, 6) is 0.116. The number of ether oxygens (including phenoxy) is 1. The van der Waals surface area contributed by atoms with E-state index < -0.39 is 0 Å². The number of hydrogen-bond donors (Lipinski definition) is 1. The summed E-state index contributed by atoms with van der Waals surface area (Å²) in [6.45, 7) is 5.68. The molecular weight excluding hydrogens is 327 g/mol. The Balaban J connectivity index is 0.00000121. The third-order valence-corrected chi connectivity index (χ3v) is 4.02. The van der Waals surface area contributed by atoms with Crippen molar-refractivity contribution in [1.29, 1.82) is 0 Å². The van der Waals surface area contributed by atoms with Gasteiger partial charge in [-0.1, -0.05) is 0 Å². The minimum absolute atomic E-state index is 0. The van der Waals surface area contributed by atoms with Gasteiger partial charge in [0.25, 0.3) is 5.91 Å². The Morgan fingerprint density at radius 1 is 1.45 bits per heavy atom. The van der Waals surface area contributed by atoms with Gasteiger partial charge in [-0.15, -0.1) is 24.8 Å². The Bertz CT molecular complexity index is 477. The van der Waals surface area contributed by atoms with Crippen LogP contribution in [0.4, 0.5) is 0 Å². The van der Waals surface area contributed by atoms with Crippen LogP contribution in [-0.2, 0) is 9.53 Å². The summed E-state index contributed by atoms with van der Waals surface area (Å²) in [7, 11) is 0. The van der Waals surface area contributed by atoms with E-state index in [1.807, 2.05) is 22.7 Å². The van der Waals surface area contributed by atoms with Crippen molar-refractivity contribution in [3.05, 3.63) is 18.0 Å². The van der Waals surface area contributed by atoms with E-state index in [9.17, 15) is 4.79 Å². The van der Waals surface area contributed by atoms with E-state index in [0.717, 1.165) is 38.0 Å². The Labute approximate surface area is 143 Å². The van der Waals surface area contributed by atoms with Crippen molar-refractivity contribution < 1.29 is 9.53 Å². The van der Waals surface area contributed by atoms with Crippen LogP contribution in [0.15, 0.2) is 12.4 Å². The number of amides is 1. The minimum Gasteiger partial charge on any atom is -0.366 e. The Morgan fingerprint density at radius 3 is 2.91 bits per heavy atom. The molecule has 0 saturated carbocycles. The van der Waals surface area contributed by atoms with Crippen molar-refractivity contribution in [3.63, 3.8) is 0 Å². The largest absolute Gasteiger partial charge is 0.366 e. The molecule has 2 aliphatic heterocycles. The number of morpholine rings is 1. The fourth-order valence-corrected chi connectivity index (χ4v) is 2.93. The Kier molecular flexibility index (Phi) is 7.62. The molecule has 8 heteroatoms. The topological polar surface area (TPSA) is 59.4 Å². The summed E-state index contributed by atoms with van der Waals surface area (Å²) in [4.78, 5) is 14.4. The zero-order valence-electron chi connectivity index (χ0n) is 12.7. The van der Waals surface area contributed by atoms with Gasteiger partial charge in [-0.2, -0.15) is 5.10 Å². The number of nitrogens with zero attached hydrogens (tertiary/aromatic N) is 3. The summed E-state index contributed by atoms with van der Waals surface area (Å²) in [6.07, 6.45) is 5.71. The molecule has 0 spiro atoms. The maximum absolute atomic E-state index is 12.5. The maximum atomic E-state index is 12.5. The highest BCUT2D eigenvalue weighted by molar-refractivity contribution is 5.85. The van der Waals surface area contributed by atoms with Gasteiger partial charge in [0.2, 0.25) is 0 Å². The van der Waals surface area contributed by atoms with Crippen molar-refractivity contribution in [2.75, 3.05) is 32.8 Å². The molecule has 1 amide bonds. The van der Waals surface area contributed by atoms with E-state index in [4.69, 9.17) is 4.74 Å². The van der Waals surface area contributed by atoms with Gasteiger partial charge in [-0.3, -0.25) is 9.48 Å². The molecule has 22 heavy (non-hydrogen) atoms. The lowest BCUT2D eigenvalue weighted by Crippen LogP contribution is -2.52. The first-order valence-electron chi connectivity index (χ1n) is 7.36. The van der Waals surface area contributed by atoms with Crippen LogP contribution in [0, 0.1) is 6.92 Å². The van der Waals surface area contributed by atoms with Gasteiger partial charge >= 0.3 is 0 Å². The van der Waals surface area contributed by atoms with E-state index in [-0.39, 0.29) is 42.9 Å². The lowest BCUT2D eigenvalue weighted by molar-refractivity contribution is -0.146. The number of piperidine rings is 1. The second kappa shape index (κ2) is 8.72. The number of nitrogens with one attached hydrogen (secondary N) is 1. The van der Waals surface area contributed by atoms with Crippen LogP contribution in [0.3, 0.4) is 0 Å². The quantitative estimate of drug-likeness (QED) is 0.870. The highest BCUT2D eigenvalue weighted by atomic mass is 35.5. The lowest BCUT2D eigenvalue weighted by atomic mass is 10.0. The maximum Gasteiger partial charge on any atom is 0.253 e. The molecule has 2 atom stereocenters. The van der Waals surface area contributed by atoms with Crippen LogP contribution < -0.4 is 5.32 Å². The van der Waals surface area contributed by atoms with Gasteiger partial charge in [0.15, 0.2) is 0 Å². The molecule has 0 aliphatic carbocycles. The summed E-state index contributed by atoms with van der Waals surface area (Å²) in [6, 6.07) is 0.290. The van der Waals surface area contributed by atoms with Gasteiger partial charge in [-0.25, -0.2) is 0 Å². The number of rotatable bonds is 2. The third kappa shape index (κ3) is 4.35. The molecule has 2 saturated heterocycles. The fourth-order valence-electron chi connectivity index (χ4n) is 2.93. The Hall–Kier alpha value is -0.820. The first-order valence-corrected chi connectivity index (χ1v) is 7.36.